The van der Waals surface area contributed by atoms with E-state index in [1.165, 1.54) is 22.9 Å². The molecular formula is C21H32N2O4S. The first-order chi connectivity index (χ1) is 13.3. The van der Waals surface area contributed by atoms with E-state index in [0.717, 1.165) is 31.6 Å². The second-order valence-electron chi connectivity index (χ2n) is 8.20. The highest BCUT2D eigenvalue weighted by Gasteiger charge is 2.32. The smallest absolute Gasteiger partial charge is 0.251 e. The van der Waals surface area contributed by atoms with Gasteiger partial charge in [0.05, 0.1) is 17.1 Å². The topological polar surface area (TPSA) is 75.7 Å². The normalized spacial score (nSPS) is 29.4. The predicted octanol–water partition coefficient (Wildman–Crippen LogP) is 3.18. The fraction of sp³-hybridized carbons (Fsp3) is 0.667. The Balaban J connectivity index is 1.63. The molecule has 1 heterocycles. The summed E-state index contributed by atoms with van der Waals surface area (Å²) >= 11 is 0. The van der Waals surface area contributed by atoms with Gasteiger partial charge < -0.3 is 10.1 Å². The van der Waals surface area contributed by atoms with Crippen molar-refractivity contribution in [1.29, 1.82) is 0 Å². The standard InChI is InChI=1S/C21H32N2O4S/c1-4-17-5-9-19(10-6-17)22-21(24)18-7-11-20(12-8-18)28(25,26)23-13-15(2)27-16(3)14-23/h7-8,11-12,15-17,19H,4-6,9-10,13-14H2,1-3H3,(H,22,24). The first-order valence-electron chi connectivity index (χ1n) is 10.4. The fourth-order valence-electron chi connectivity index (χ4n) is 4.24. The Morgan fingerprint density at radius 2 is 1.64 bits per heavy atom. The van der Waals surface area contributed by atoms with Crippen molar-refractivity contribution >= 4 is 15.9 Å². The van der Waals surface area contributed by atoms with Gasteiger partial charge in [-0.2, -0.15) is 4.31 Å². The van der Waals surface area contributed by atoms with Crippen LogP contribution in [-0.2, 0) is 14.8 Å². The molecule has 1 saturated carbocycles. The third-order valence-corrected chi connectivity index (χ3v) is 7.75. The Morgan fingerprint density at radius 3 is 2.18 bits per heavy atom. The Bertz CT molecular complexity index is 760. The van der Waals surface area contributed by atoms with E-state index in [-0.39, 0.29) is 29.1 Å². The molecule has 2 fully saturated rings. The molecule has 1 aromatic carbocycles. The molecule has 156 valence electrons. The van der Waals surface area contributed by atoms with Crippen molar-refractivity contribution in [3.05, 3.63) is 29.8 Å². The minimum atomic E-state index is -3.58. The summed E-state index contributed by atoms with van der Waals surface area (Å²) in [7, 11) is -3.58. The first-order valence-corrected chi connectivity index (χ1v) is 11.8. The van der Waals surface area contributed by atoms with E-state index in [1.54, 1.807) is 12.1 Å². The molecule has 1 N–H and O–H groups in total. The van der Waals surface area contributed by atoms with Crippen LogP contribution in [0.4, 0.5) is 0 Å². The number of sulfonamides is 1. The van der Waals surface area contributed by atoms with Gasteiger partial charge in [-0.25, -0.2) is 8.42 Å². The molecular weight excluding hydrogens is 376 g/mol. The van der Waals surface area contributed by atoms with Crippen LogP contribution in [0.15, 0.2) is 29.2 Å². The number of carbonyl (C=O) groups is 1. The molecule has 1 amide bonds. The number of carbonyl (C=O) groups excluding carboxylic acids is 1. The minimum Gasteiger partial charge on any atom is -0.373 e. The van der Waals surface area contributed by atoms with E-state index in [0.29, 0.717) is 18.7 Å². The van der Waals surface area contributed by atoms with E-state index < -0.39 is 10.0 Å². The van der Waals surface area contributed by atoms with Gasteiger partial charge in [-0.05, 0) is 69.7 Å². The summed E-state index contributed by atoms with van der Waals surface area (Å²) < 4.78 is 32.9. The highest BCUT2D eigenvalue weighted by molar-refractivity contribution is 7.89. The number of nitrogens with zero attached hydrogens (tertiary/aromatic N) is 1. The zero-order chi connectivity index (χ0) is 20.3. The van der Waals surface area contributed by atoms with Crippen LogP contribution in [0, 0.1) is 5.92 Å². The Morgan fingerprint density at radius 1 is 1.07 bits per heavy atom. The lowest BCUT2D eigenvalue weighted by molar-refractivity contribution is -0.0440. The summed E-state index contributed by atoms with van der Waals surface area (Å²) in [6.45, 7) is 6.65. The summed E-state index contributed by atoms with van der Waals surface area (Å²) in [5.74, 6) is 0.653. The van der Waals surface area contributed by atoms with Gasteiger partial charge in [-0.1, -0.05) is 13.3 Å². The van der Waals surface area contributed by atoms with Gasteiger partial charge in [0.15, 0.2) is 0 Å². The number of hydrogen-bond acceptors (Lipinski definition) is 4. The van der Waals surface area contributed by atoms with Gasteiger partial charge in [0, 0.05) is 24.7 Å². The molecule has 1 saturated heterocycles. The Hall–Kier alpha value is -1.44. The molecule has 0 bridgehead atoms. The molecule has 0 radical (unpaired) electrons. The summed E-state index contributed by atoms with van der Waals surface area (Å²) in [6, 6.07) is 6.49. The summed E-state index contributed by atoms with van der Waals surface area (Å²) in [6.07, 6.45) is 5.30. The monoisotopic (exact) mass is 408 g/mol. The lowest BCUT2D eigenvalue weighted by Crippen LogP contribution is -2.48. The van der Waals surface area contributed by atoms with Crippen LogP contribution in [-0.4, -0.2) is 50.0 Å². The average Bonchev–Trinajstić information content (AvgIpc) is 2.68. The van der Waals surface area contributed by atoms with Crippen molar-refractivity contribution in [2.75, 3.05) is 13.1 Å². The van der Waals surface area contributed by atoms with E-state index in [4.69, 9.17) is 4.74 Å². The van der Waals surface area contributed by atoms with Crippen molar-refractivity contribution in [3.8, 4) is 0 Å². The number of amides is 1. The van der Waals surface area contributed by atoms with Gasteiger partial charge in [-0.3, -0.25) is 4.79 Å². The van der Waals surface area contributed by atoms with Gasteiger partial charge >= 0.3 is 0 Å². The molecule has 1 aromatic rings. The molecule has 1 aliphatic heterocycles. The lowest BCUT2D eigenvalue weighted by Gasteiger charge is -2.34. The number of rotatable bonds is 5. The number of nitrogens with one attached hydrogen (secondary N) is 1. The third-order valence-electron chi connectivity index (χ3n) is 5.90. The summed E-state index contributed by atoms with van der Waals surface area (Å²) in [5, 5.41) is 3.10. The summed E-state index contributed by atoms with van der Waals surface area (Å²) in [5.41, 5.74) is 0.500. The molecule has 0 spiro atoms. The van der Waals surface area contributed by atoms with Crippen LogP contribution in [0.25, 0.3) is 0 Å². The van der Waals surface area contributed by atoms with Crippen molar-refractivity contribution in [3.63, 3.8) is 0 Å². The Kier molecular flexibility index (Phi) is 6.78. The van der Waals surface area contributed by atoms with Crippen molar-refractivity contribution < 1.29 is 17.9 Å². The molecule has 2 aliphatic rings. The quantitative estimate of drug-likeness (QED) is 0.812. The van der Waals surface area contributed by atoms with Crippen molar-refractivity contribution in [2.45, 2.75) is 76.0 Å². The van der Waals surface area contributed by atoms with E-state index in [1.807, 2.05) is 13.8 Å². The van der Waals surface area contributed by atoms with Crippen molar-refractivity contribution in [1.82, 2.24) is 9.62 Å². The molecule has 3 rings (SSSR count). The fourth-order valence-corrected chi connectivity index (χ4v) is 5.83. The zero-order valence-electron chi connectivity index (χ0n) is 17.1. The van der Waals surface area contributed by atoms with E-state index in [2.05, 4.69) is 12.2 Å². The van der Waals surface area contributed by atoms with E-state index in [9.17, 15) is 13.2 Å². The second-order valence-corrected chi connectivity index (χ2v) is 10.1. The maximum absolute atomic E-state index is 12.9. The van der Waals surface area contributed by atoms with Crippen LogP contribution in [0.3, 0.4) is 0 Å². The highest BCUT2D eigenvalue weighted by Crippen LogP contribution is 2.27. The van der Waals surface area contributed by atoms with Crippen LogP contribution < -0.4 is 5.32 Å². The van der Waals surface area contributed by atoms with E-state index >= 15 is 0 Å². The maximum Gasteiger partial charge on any atom is 0.251 e. The number of benzene rings is 1. The molecule has 0 aromatic heterocycles. The zero-order valence-corrected chi connectivity index (χ0v) is 17.9. The third kappa shape index (κ3) is 4.93. The SMILES string of the molecule is CCC1CCC(NC(=O)c2ccc(S(=O)(=O)N3CC(C)OC(C)C3)cc2)CC1. The molecule has 7 heteroatoms. The van der Waals surface area contributed by atoms with Gasteiger partial charge in [0.1, 0.15) is 0 Å². The Labute approximate surface area is 168 Å². The van der Waals surface area contributed by atoms with Crippen LogP contribution in [0.2, 0.25) is 0 Å². The van der Waals surface area contributed by atoms with Crippen molar-refractivity contribution in [2.24, 2.45) is 5.92 Å². The van der Waals surface area contributed by atoms with Crippen LogP contribution in [0.5, 0.6) is 0 Å². The maximum atomic E-state index is 12.9. The highest BCUT2D eigenvalue weighted by atomic mass is 32.2. The van der Waals surface area contributed by atoms with Gasteiger partial charge in [0.25, 0.3) is 5.91 Å². The lowest BCUT2D eigenvalue weighted by atomic mass is 9.84. The number of hydrogen-bond donors (Lipinski definition) is 1. The second kappa shape index (κ2) is 8.93. The molecule has 2 unspecified atom stereocenters. The molecule has 2 atom stereocenters. The molecule has 1 aliphatic carbocycles. The largest absolute Gasteiger partial charge is 0.373 e. The molecule has 28 heavy (non-hydrogen) atoms. The predicted molar refractivity (Wildman–Crippen MR) is 109 cm³/mol. The summed E-state index contributed by atoms with van der Waals surface area (Å²) in [4.78, 5) is 12.7. The van der Waals surface area contributed by atoms with Gasteiger partial charge in [-0.15, -0.1) is 0 Å². The number of ether oxygens (including phenoxy) is 1. The van der Waals surface area contributed by atoms with Crippen LogP contribution >= 0.6 is 0 Å². The average molecular weight is 409 g/mol. The first kappa shape index (κ1) is 21.3. The molecule has 6 nitrogen and oxygen atoms in total. The number of morpholine rings is 1. The van der Waals surface area contributed by atoms with Gasteiger partial charge in [0.2, 0.25) is 10.0 Å². The van der Waals surface area contributed by atoms with Crippen LogP contribution in [0.1, 0.15) is 63.2 Å². The minimum absolute atomic E-state index is 0.127.